The highest BCUT2D eigenvalue weighted by atomic mass is 16.2. The van der Waals surface area contributed by atoms with Crippen molar-refractivity contribution in [3.63, 3.8) is 0 Å². The van der Waals surface area contributed by atoms with E-state index in [-0.39, 0.29) is 35.6 Å². The molecule has 6 amide bonds. The fourth-order valence-corrected chi connectivity index (χ4v) is 7.99. The molecule has 3 saturated carbocycles. The maximum atomic E-state index is 14.5. The summed E-state index contributed by atoms with van der Waals surface area (Å²) >= 11 is 0. The number of amides is 6. The predicted molar refractivity (Wildman–Crippen MR) is 182 cm³/mol. The first kappa shape index (κ1) is 37.4. The normalized spacial score (nSPS) is 25.7. The fraction of sp³-hybridized carbons (Fsp3) is 0.778. The third-order valence-corrected chi connectivity index (χ3v) is 11.3. The zero-order chi connectivity index (χ0) is 35.6. The fourth-order valence-electron chi connectivity index (χ4n) is 7.99. The molecule has 0 aromatic rings. The van der Waals surface area contributed by atoms with Crippen LogP contribution in [0.15, 0.2) is 12.7 Å². The third-order valence-electron chi connectivity index (χ3n) is 11.3. The molecule has 12 heteroatoms. The monoisotopic (exact) mass is 670 g/mol. The summed E-state index contributed by atoms with van der Waals surface area (Å²) in [5.74, 6) is -2.54. The van der Waals surface area contributed by atoms with Crippen LogP contribution in [0.25, 0.3) is 0 Å². The zero-order valence-electron chi connectivity index (χ0n) is 30.0. The number of hydrogen-bond acceptors (Lipinski definition) is 6. The molecule has 5 N–H and O–H groups in total. The smallest absolute Gasteiger partial charge is 0.315 e. The average molecular weight is 671 g/mol. The summed E-state index contributed by atoms with van der Waals surface area (Å²) in [5.41, 5.74) is -1.40. The Kier molecular flexibility index (Phi) is 11.4. The van der Waals surface area contributed by atoms with E-state index < -0.39 is 64.5 Å². The number of carbonyl (C=O) groups excluding carboxylic acids is 6. The van der Waals surface area contributed by atoms with Crippen molar-refractivity contribution in [3.05, 3.63) is 12.7 Å². The van der Waals surface area contributed by atoms with Gasteiger partial charge in [0, 0.05) is 19.6 Å². The van der Waals surface area contributed by atoms with Crippen LogP contribution in [0.1, 0.15) is 99.8 Å². The lowest BCUT2D eigenvalue weighted by Gasteiger charge is -2.42. The molecular weight excluding hydrogens is 612 g/mol. The van der Waals surface area contributed by atoms with Gasteiger partial charge in [0.1, 0.15) is 18.1 Å². The molecule has 1 unspecified atom stereocenters. The number of ketones is 1. The quantitative estimate of drug-likeness (QED) is 0.141. The molecule has 4 rings (SSSR count). The molecule has 1 heterocycles. The standard InChI is InChI=1S/C36H58N6O6/c1-9-18-38-30(45)26(43)23(19-21-14-15-21)39-29(44)25-24-22(35(24,6)7)20-42(25)32(47)28(34(3,4)5)40-31(46)27(41-33(48)37-10-2)36(8)16-12-11-13-17-36/h9,21-25,27-28H,1,10-20H2,2-8H3,(H,38,45)(H,39,44)(H,40,46)(H2,37,41,48)/t22-,23?,24-,25-,27+,28+/m0/s1. The SMILES string of the molecule is C=CCNC(=O)C(=O)C(CC1CC1)NC(=O)[C@@H]1[C@@H]2[C@H](CN1C(=O)[C@@H](NC(=O)[C@@H](NC(=O)NCC)C1(C)CCCCC1)C(C)(C)C)C2(C)C. The van der Waals surface area contributed by atoms with E-state index >= 15 is 0 Å². The van der Waals surface area contributed by atoms with Gasteiger partial charge in [0.25, 0.3) is 5.91 Å². The van der Waals surface area contributed by atoms with Crippen LogP contribution in [-0.2, 0) is 24.0 Å². The molecule has 0 aromatic carbocycles. The number of nitrogens with zero attached hydrogens (tertiary/aromatic N) is 1. The Labute approximate surface area is 285 Å². The summed E-state index contributed by atoms with van der Waals surface area (Å²) in [6, 6.07) is -4.13. The van der Waals surface area contributed by atoms with Gasteiger partial charge < -0.3 is 31.5 Å². The summed E-state index contributed by atoms with van der Waals surface area (Å²) in [6.07, 6.45) is 8.21. The molecule has 6 atom stereocenters. The van der Waals surface area contributed by atoms with Crippen LogP contribution in [0.2, 0.25) is 0 Å². The summed E-state index contributed by atoms with van der Waals surface area (Å²) in [4.78, 5) is 82.9. The summed E-state index contributed by atoms with van der Waals surface area (Å²) < 4.78 is 0. The van der Waals surface area contributed by atoms with Crippen LogP contribution in [0, 0.1) is 34.0 Å². The maximum absolute atomic E-state index is 14.5. The van der Waals surface area contributed by atoms with Gasteiger partial charge in [0.2, 0.25) is 23.5 Å². The van der Waals surface area contributed by atoms with Crippen molar-refractivity contribution in [2.24, 2.45) is 34.0 Å². The zero-order valence-corrected chi connectivity index (χ0v) is 30.0. The third kappa shape index (κ3) is 8.22. The number of hydrogen-bond donors (Lipinski definition) is 5. The molecule has 1 saturated heterocycles. The molecule has 12 nitrogen and oxygen atoms in total. The molecule has 4 fully saturated rings. The Morgan fingerprint density at radius 3 is 2.15 bits per heavy atom. The van der Waals surface area contributed by atoms with Gasteiger partial charge in [-0.3, -0.25) is 24.0 Å². The van der Waals surface area contributed by atoms with Crippen LogP contribution >= 0.6 is 0 Å². The lowest BCUT2D eigenvalue weighted by atomic mass is 9.70. The first-order valence-corrected chi connectivity index (χ1v) is 17.8. The molecule has 4 aliphatic rings. The van der Waals surface area contributed by atoms with Gasteiger partial charge in [0.05, 0.1) is 6.04 Å². The summed E-state index contributed by atoms with van der Waals surface area (Å²) in [5, 5.41) is 14.0. The lowest BCUT2D eigenvalue weighted by molar-refractivity contribution is -0.147. The van der Waals surface area contributed by atoms with Crippen LogP contribution in [0.5, 0.6) is 0 Å². The highest BCUT2D eigenvalue weighted by molar-refractivity contribution is 6.38. The minimum Gasteiger partial charge on any atom is -0.346 e. The minimum absolute atomic E-state index is 0.0790. The molecule has 0 radical (unpaired) electrons. The van der Waals surface area contributed by atoms with Crippen LogP contribution < -0.4 is 26.6 Å². The average Bonchev–Trinajstić information content (AvgIpc) is 3.87. The molecule has 0 spiro atoms. The van der Waals surface area contributed by atoms with Gasteiger partial charge in [-0.05, 0) is 60.2 Å². The molecule has 3 aliphatic carbocycles. The Balaban J connectivity index is 1.58. The minimum atomic E-state index is -0.997. The van der Waals surface area contributed by atoms with E-state index in [2.05, 4.69) is 47.0 Å². The number of rotatable bonds is 14. The summed E-state index contributed by atoms with van der Waals surface area (Å²) in [7, 11) is 0. The Hall–Kier alpha value is -3.44. The summed E-state index contributed by atoms with van der Waals surface area (Å²) in [6.45, 7) is 18.0. The number of fused-ring (bicyclic) bond motifs is 1. The molecule has 1 aliphatic heterocycles. The first-order chi connectivity index (χ1) is 22.5. The second-order valence-electron chi connectivity index (χ2n) is 16.5. The number of carbonyl (C=O) groups is 6. The molecular formula is C36H58N6O6. The highest BCUT2D eigenvalue weighted by Gasteiger charge is 2.70. The first-order valence-electron chi connectivity index (χ1n) is 17.8. The number of Topliss-reactive ketones (excluding diaryl/α,β-unsaturated/α-hetero) is 1. The van der Waals surface area contributed by atoms with Crippen LogP contribution in [0.3, 0.4) is 0 Å². The van der Waals surface area contributed by atoms with Crippen LogP contribution in [-0.4, -0.2) is 84.1 Å². The van der Waals surface area contributed by atoms with Crippen molar-refractivity contribution in [2.45, 2.75) is 124 Å². The maximum Gasteiger partial charge on any atom is 0.315 e. The Morgan fingerprint density at radius 2 is 1.58 bits per heavy atom. The van der Waals surface area contributed by atoms with E-state index in [1.54, 1.807) is 4.90 Å². The molecule has 0 aromatic heterocycles. The van der Waals surface area contributed by atoms with Crippen LogP contribution in [0.4, 0.5) is 4.79 Å². The highest BCUT2D eigenvalue weighted by Crippen LogP contribution is 2.65. The van der Waals surface area contributed by atoms with Crippen molar-refractivity contribution in [3.8, 4) is 0 Å². The van der Waals surface area contributed by atoms with Crippen molar-refractivity contribution in [2.75, 3.05) is 19.6 Å². The van der Waals surface area contributed by atoms with E-state index in [1.165, 1.54) is 6.08 Å². The van der Waals surface area contributed by atoms with E-state index in [0.29, 0.717) is 19.5 Å². The van der Waals surface area contributed by atoms with E-state index in [9.17, 15) is 28.8 Å². The second-order valence-corrected chi connectivity index (χ2v) is 16.5. The largest absolute Gasteiger partial charge is 0.346 e. The second kappa shape index (κ2) is 14.6. The van der Waals surface area contributed by atoms with Crippen molar-refractivity contribution < 1.29 is 28.8 Å². The topological polar surface area (TPSA) is 166 Å². The van der Waals surface area contributed by atoms with Crippen molar-refractivity contribution >= 4 is 35.4 Å². The lowest BCUT2D eigenvalue weighted by Crippen LogP contribution is -2.64. The van der Waals surface area contributed by atoms with E-state index in [0.717, 1.165) is 44.9 Å². The van der Waals surface area contributed by atoms with E-state index in [1.807, 2.05) is 34.6 Å². The number of nitrogens with one attached hydrogen (secondary N) is 5. The van der Waals surface area contributed by atoms with Gasteiger partial charge >= 0.3 is 6.03 Å². The van der Waals surface area contributed by atoms with Gasteiger partial charge in [-0.1, -0.05) is 79.7 Å². The van der Waals surface area contributed by atoms with Crippen molar-refractivity contribution in [1.82, 2.24) is 31.5 Å². The van der Waals surface area contributed by atoms with Gasteiger partial charge in [0.15, 0.2) is 0 Å². The van der Waals surface area contributed by atoms with Gasteiger partial charge in [-0.15, -0.1) is 6.58 Å². The van der Waals surface area contributed by atoms with Crippen molar-refractivity contribution in [1.29, 1.82) is 0 Å². The molecule has 0 bridgehead atoms. The Morgan fingerprint density at radius 1 is 0.938 bits per heavy atom. The van der Waals surface area contributed by atoms with E-state index in [4.69, 9.17) is 0 Å². The number of urea groups is 1. The van der Waals surface area contributed by atoms with Gasteiger partial charge in [-0.2, -0.15) is 0 Å². The molecule has 48 heavy (non-hydrogen) atoms. The number of piperidine rings is 1. The predicted octanol–water partition coefficient (Wildman–Crippen LogP) is 2.81. The number of likely N-dealkylation sites (tertiary alicyclic amines) is 1. The molecule has 268 valence electrons. The van der Waals surface area contributed by atoms with Gasteiger partial charge in [-0.25, -0.2) is 4.79 Å². The Bertz CT molecular complexity index is 1280.